The Hall–Kier alpha value is -1.86. The Balaban J connectivity index is 2.31. The Bertz CT molecular complexity index is 494. The van der Waals surface area contributed by atoms with Gasteiger partial charge in [-0.05, 0) is 18.6 Å². The summed E-state index contributed by atoms with van der Waals surface area (Å²) < 4.78 is 10.9. The van der Waals surface area contributed by atoms with E-state index < -0.39 is 4.92 Å². The van der Waals surface area contributed by atoms with Crippen LogP contribution in [0.25, 0.3) is 0 Å². The molecular weight excluding hydrogens is 276 g/mol. The molecular formula is C14H20N2O5. The smallest absolute Gasteiger partial charge is 0.333 e. The van der Waals surface area contributed by atoms with Gasteiger partial charge in [-0.25, -0.2) is 0 Å². The van der Waals surface area contributed by atoms with Crippen LogP contribution < -0.4 is 9.64 Å². The van der Waals surface area contributed by atoms with Crippen molar-refractivity contribution in [3.05, 3.63) is 28.3 Å². The maximum absolute atomic E-state index is 11.4. The number of aliphatic hydroxyl groups is 1. The maximum atomic E-state index is 11.4. The lowest BCUT2D eigenvalue weighted by Gasteiger charge is -2.33. The SMILES string of the molecule is CCCOc1cccc(N2CCOC(CO)C2)c1[N+](=O)[O-]. The molecule has 1 fully saturated rings. The van der Waals surface area contributed by atoms with Crippen molar-refractivity contribution in [2.24, 2.45) is 0 Å². The third kappa shape index (κ3) is 3.62. The fraction of sp³-hybridized carbons (Fsp3) is 0.571. The molecule has 0 spiro atoms. The molecule has 7 heteroatoms. The van der Waals surface area contributed by atoms with Crippen LogP contribution in [0, 0.1) is 10.1 Å². The molecule has 7 nitrogen and oxygen atoms in total. The van der Waals surface area contributed by atoms with Gasteiger partial charge >= 0.3 is 5.69 Å². The van der Waals surface area contributed by atoms with Crippen molar-refractivity contribution >= 4 is 11.4 Å². The second-order valence-electron chi connectivity index (χ2n) is 4.85. The molecule has 1 N–H and O–H groups in total. The summed E-state index contributed by atoms with van der Waals surface area (Å²) in [6, 6.07) is 5.06. The lowest BCUT2D eigenvalue weighted by molar-refractivity contribution is -0.385. The van der Waals surface area contributed by atoms with Gasteiger partial charge in [0.25, 0.3) is 0 Å². The Morgan fingerprint density at radius 3 is 3.05 bits per heavy atom. The fourth-order valence-corrected chi connectivity index (χ4v) is 2.33. The molecule has 1 aliphatic rings. The van der Waals surface area contributed by atoms with Crippen LogP contribution in [0.15, 0.2) is 18.2 Å². The number of nitro benzene ring substituents is 1. The minimum absolute atomic E-state index is 0.0236. The highest BCUT2D eigenvalue weighted by Gasteiger charge is 2.28. The van der Waals surface area contributed by atoms with Gasteiger partial charge in [0.2, 0.25) is 0 Å². The standard InChI is InChI=1S/C14H20N2O5/c1-2-7-21-13-5-3-4-12(14(13)16(18)19)15-6-8-20-11(9-15)10-17/h3-5,11,17H,2,6-10H2,1H3. The van der Waals surface area contributed by atoms with Crippen LogP contribution in [0.4, 0.5) is 11.4 Å². The van der Waals surface area contributed by atoms with Gasteiger partial charge in [0, 0.05) is 13.1 Å². The molecule has 0 aliphatic carbocycles. The first-order chi connectivity index (χ1) is 10.2. The second kappa shape index (κ2) is 7.24. The molecule has 2 rings (SSSR count). The van der Waals surface area contributed by atoms with Crippen LogP contribution in [0.5, 0.6) is 5.75 Å². The molecule has 0 saturated carbocycles. The van der Waals surface area contributed by atoms with Gasteiger partial charge < -0.3 is 19.5 Å². The molecule has 1 aromatic carbocycles. The molecule has 21 heavy (non-hydrogen) atoms. The molecule has 1 aromatic rings. The van der Waals surface area contributed by atoms with Gasteiger partial charge in [-0.1, -0.05) is 13.0 Å². The first kappa shape index (κ1) is 15.5. The molecule has 0 aromatic heterocycles. The van der Waals surface area contributed by atoms with Crippen LogP contribution in [0.3, 0.4) is 0 Å². The highest BCUT2D eigenvalue weighted by molar-refractivity contribution is 5.70. The molecule has 0 radical (unpaired) electrons. The average Bonchev–Trinajstić information content (AvgIpc) is 2.52. The van der Waals surface area contributed by atoms with Crippen LogP contribution in [0.1, 0.15) is 13.3 Å². The monoisotopic (exact) mass is 296 g/mol. The van der Waals surface area contributed by atoms with Crippen molar-refractivity contribution in [2.75, 3.05) is 37.8 Å². The molecule has 1 heterocycles. The number of nitrogens with zero attached hydrogens (tertiary/aromatic N) is 2. The molecule has 1 atom stereocenters. The summed E-state index contributed by atoms with van der Waals surface area (Å²) in [7, 11) is 0. The quantitative estimate of drug-likeness (QED) is 0.633. The molecule has 0 bridgehead atoms. The first-order valence-corrected chi connectivity index (χ1v) is 7.05. The van der Waals surface area contributed by atoms with E-state index in [4.69, 9.17) is 9.47 Å². The highest BCUT2D eigenvalue weighted by Crippen LogP contribution is 2.37. The zero-order valence-electron chi connectivity index (χ0n) is 12.0. The van der Waals surface area contributed by atoms with Gasteiger partial charge in [0.15, 0.2) is 5.75 Å². The third-order valence-electron chi connectivity index (χ3n) is 3.31. The number of para-hydroxylation sites is 1. The van der Waals surface area contributed by atoms with E-state index in [9.17, 15) is 15.2 Å². The Morgan fingerprint density at radius 1 is 1.57 bits per heavy atom. The molecule has 0 amide bonds. The zero-order valence-corrected chi connectivity index (χ0v) is 12.0. The van der Waals surface area contributed by atoms with E-state index in [2.05, 4.69) is 0 Å². The topological polar surface area (TPSA) is 85.1 Å². The summed E-state index contributed by atoms with van der Waals surface area (Å²) in [5.41, 5.74) is 0.486. The third-order valence-corrected chi connectivity index (χ3v) is 3.31. The number of morpholine rings is 1. The van der Waals surface area contributed by atoms with Gasteiger partial charge in [-0.15, -0.1) is 0 Å². The van der Waals surface area contributed by atoms with Crippen LogP contribution >= 0.6 is 0 Å². The van der Waals surface area contributed by atoms with Crippen LogP contribution in [-0.4, -0.2) is 49.0 Å². The van der Waals surface area contributed by atoms with E-state index in [-0.39, 0.29) is 24.1 Å². The van der Waals surface area contributed by atoms with Gasteiger partial charge in [0.05, 0.1) is 30.8 Å². The molecule has 1 saturated heterocycles. The number of ether oxygens (including phenoxy) is 2. The predicted octanol–water partition coefficient (Wildman–Crippen LogP) is 1.58. The van der Waals surface area contributed by atoms with Crippen molar-refractivity contribution in [3.8, 4) is 5.75 Å². The second-order valence-corrected chi connectivity index (χ2v) is 4.85. The Kier molecular flexibility index (Phi) is 5.35. The summed E-state index contributed by atoms with van der Waals surface area (Å²) in [6.07, 6.45) is 0.462. The number of anilines is 1. The van der Waals surface area contributed by atoms with Crippen molar-refractivity contribution in [1.29, 1.82) is 0 Å². The summed E-state index contributed by atoms with van der Waals surface area (Å²) in [5, 5.41) is 20.6. The van der Waals surface area contributed by atoms with Crippen molar-refractivity contribution in [1.82, 2.24) is 0 Å². The van der Waals surface area contributed by atoms with Crippen molar-refractivity contribution < 1.29 is 19.5 Å². The number of aliphatic hydroxyl groups excluding tert-OH is 1. The highest BCUT2D eigenvalue weighted by atomic mass is 16.6. The minimum Gasteiger partial charge on any atom is -0.487 e. The number of nitro groups is 1. The zero-order chi connectivity index (χ0) is 15.2. The number of benzene rings is 1. The number of rotatable bonds is 6. The Labute approximate surface area is 123 Å². The van der Waals surface area contributed by atoms with E-state index in [0.29, 0.717) is 32.0 Å². The summed E-state index contributed by atoms with van der Waals surface area (Å²) in [4.78, 5) is 12.9. The van der Waals surface area contributed by atoms with E-state index in [0.717, 1.165) is 6.42 Å². The van der Waals surface area contributed by atoms with Crippen LogP contribution in [-0.2, 0) is 4.74 Å². The first-order valence-electron chi connectivity index (χ1n) is 7.05. The number of hydrogen-bond acceptors (Lipinski definition) is 6. The molecule has 1 unspecified atom stereocenters. The Morgan fingerprint density at radius 2 is 2.38 bits per heavy atom. The minimum atomic E-state index is -0.413. The largest absolute Gasteiger partial charge is 0.487 e. The van der Waals surface area contributed by atoms with Gasteiger partial charge in [-0.3, -0.25) is 10.1 Å². The van der Waals surface area contributed by atoms with E-state index in [1.807, 2.05) is 11.8 Å². The van der Waals surface area contributed by atoms with Crippen LogP contribution in [0.2, 0.25) is 0 Å². The lowest BCUT2D eigenvalue weighted by atomic mass is 10.2. The summed E-state index contributed by atoms with van der Waals surface area (Å²) >= 11 is 0. The predicted molar refractivity (Wildman–Crippen MR) is 77.9 cm³/mol. The lowest BCUT2D eigenvalue weighted by Crippen LogP contribution is -2.44. The van der Waals surface area contributed by atoms with E-state index in [1.54, 1.807) is 18.2 Å². The van der Waals surface area contributed by atoms with E-state index in [1.165, 1.54) is 0 Å². The number of hydrogen-bond donors (Lipinski definition) is 1. The fourth-order valence-electron chi connectivity index (χ4n) is 2.33. The van der Waals surface area contributed by atoms with Crippen molar-refractivity contribution in [3.63, 3.8) is 0 Å². The van der Waals surface area contributed by atoms with E-state index >= 15 is 0 Å². The normalized spacial score (nSPS) is 18.6. The van der Waals surface area contributed by atoms with Crippen molar-refractivity contribution in [2.45, 2.75) is 19.4 Å². The summed E-state index contributed by atoms with van der Waals surface area (Å²) in [5.74, 6) is 0.284. The summed E-state index contributed by atoms with van der Waals surface area (Å²) in [6.45, 7) is 3.69. The average molecular weight is 296 g/mol. The molecule has 116 valence electrons. The van der Waals surface area contributed by atoms with Gasteiger partial charge in [-0.2, -0.15) is 0 Å². The molecule has 1 aliphatic heterocycles. The maximum Gasteiger partial charge on any atom is 0.333 e. The van der Waals surface area contributed by atoms with Gasteiger partial charge in [0.1, 0.15) is 5.69 Å².